The van der Waals surface area contributed by atoms with Crippen LogP contribution in [0.1, 0.15) is 0 Å². The lowest BCUT2D eigenvalue weighted by molar-refractivity contribution is 0.670. The predicted octanol–water partition coefficient (Wildman–Crippen LogP) is 13.5. The molecule has 0 saturated heterocycles. The fourth-order valence-electron chi connectivity index (χ4n) is 7.49. The van der Waals surface area contributed by atoms with Gasteiger partial charge in [0, 0.05) is 33.0 Å². The van der Waals surface area contributed by atoms with Crippen LogP contribution in [0, 0.1) is 0 Å². The van der Waals surface area contributed by atoms with Crippen molar-refractivity contribution < 1.29 is 4.42 Å². The van der Waals surface area contributed by atoms with E-state index in [0.717, 1.165) is 77.8 Å². The average Bonchev–Trinajstić information content (AvgIpc) is 3.63. The van der Waals surface area contributed by atoms with Crippen molar-refractivity contribution in [1.29, 1.82) is 0 Å². The van der Waals surface area contributed by atoms with Gasteiger partial charge in [0.2, 0.25) is 0 Å². The summed E-state index contributed by atoms with van der Waals surface area (Å²) in [5.41, 5.74) is 13.1. The first kappa shape index (κ1) is 30.7. The van der Waals surface area contributed by atoms with E-state index in [0.29, 0.717) is 5.82 Å². The van der Waals surface area contributed by atoms with Crippen LogP contribution < -0.4 is 0 Å². The molecule has 2 heterocycles. The monoisotopic (exact) mass is 676 g/mol. The molecule has 0 unspecified atom stereocenters. The molecule has 0 spiro atoms. The lowest BCUT2D eigenvalue weighted by Crippen LogP contribution is -1.97. The maximum Gasteiger partial charge on any atom is 0.160 e. The number of rotatable bonds is 6. The Hall–Kier alpha value is -7.10. The fourth-order valence-corrected chi connectivity index (χ4v) is 7.49. The molecule has 10 rings (SSSR count). The smallest absolute Gasteiger partial charge is 0.160 e. The average molecular weight is 677 g/mol. The summed E-state index contributed by atoms with van der Waals surface area (Å²) in [4.78, 5) is 10.4. The van der Waals surface area contributed by atoms with Crippen LogP contribution in [0.15, 0.2) is 199 Å². The molecule has 248 valence electrons. The van der Waals surface area contributed by atoms with Crippen LogP contribution in [-0.4, -0.2) is 9.97 Å². The predicted molar refractivity (Wildman–Crippen MR) is 219 cm³/mol. The van der Waals surface area contributed by atoms with Gasteiger partial charge in [-0.15, -0.1) is 0 Å². The molecule has 0 N–H and O–H groups in total. The molecule has 2 aromatic heterocycles. The molecule has 0 saturated carbocycles. The molecule has 53 heavy (non-hydrogen) atoms. The molecule has 8 aromatic carbocycles. The van der Waals surface area contributed by atoms with Crippen LogP contribution in [0.3, 0.4) is 0 Å². The third-order valence-corrected chi connectivity index (χ3v) is 10.1. The molecule has 0 fully saturated rings. The molecular formula is C50H32N2O. The summed E-state index contributed by atoms with van der Waals surface area (Å²) in [6.45, 7) is 0. The summed E-state index contributed by atoms with van der Waals surface area (Å²) < 4.78 is 6.58. The summed E-state index contributed by atoms with van der Waals surface area (Å²) in [7, 11) is 0. The second-order valence-corrected chi connectivity index (χ2v) is 13.4. The Kier molecular flexibility index (Phi) is 7.47. The standard InChI is InChI=1S/C50H32N2O/c1-3-14-33(15-4-1)36-20-11-21-37(28-36)46-32-47(52-50(51-46)35-17-5-2-6-18-35)40-30-38(42-24-12-19-34-16-7-8-22-41(34)42)29-39(31-40)43-25-13-26-45-44-23-9-10-27-48(44)53-49(43)45/h1-32H. The maximum absolute atomic E-state index is 6.58. The summed E-state index contributed by atoms with van der Waals surface area (Å²) >= 11 is 0. The van der Waals surface area contributed by atoms with Gasteiger partial charge in [-0.1, -0.05) is 158 Å². The number of hydrogen-bond acceptors (Lipinski definition) is 3. The van der Waals surface area contributed by atoms with E-state index >= 15 is 0 Å². The SMILES string of the molecule is c1ccc(-c2cccc(-c3cc(-c4cc(-c5cccc6ccccc56)cc(-c5cccc6c5oc5ccccc56)c4)nc(-c4ccccc4)n3)c2)cc1. The highest BCUT2D eigenvalue weighted by molar-refractivity contribution is 6.10. The van der Waals surface area contributed by atoms with Crippen LogP contribution >= 0.6 is 0 Å². The van der Waals surface area contributed by atoms with Gasteiger partial charge < -0.3 is 4.42 Å². The van der Waals surface area contributed by atoms with Crippen LogP contribution in [0.4, 0.5) is 0 Å². The molecular weight excluding hydrogens is 645 g/mol. The lowest BCUT2D eigenvalue weighted by atomic mass is 9.91. The summed E-state index contributed by atoms with van der Waals surface area (Å²) in [5.74, 6) is 0.680. The van der Waals surface area contributed by atoms with E-state index in [1.165, 1.54) is 16.3 Å². The molecule has 0 radical (unpaired) electrons. The third kappa shape index (κ3) is 5.65. The van der Waals surface area contributed by atoms with E-state index in [4.69, 9.17) is 14.4 Å². The van der Waals surface area contributed by atoms with Gasteiger partial charge in [0.15, 0.2) is 5.82 Å². The van der Waals surface area contributed by atoms with Crippen molar-refractivity contribution in [2.45, 2.75) is 0 Å². The summed E-state index contributed by atoms with van der Waals surface area (Å²) in [6, 6.07) is 68.0. The Labute approximate surface area is 307 Å². The minimum absolute atomic E-state index is 0.680. The van der Waals surface area contributed by atoms with Gasteiger partial charge in [-0.25, -0.2) is 9.97 Å². The maximum atomic E-state index is 6.58. The Morgan fingerprint density at radius 1 is 0.321 bits per heavy atom. The highest BCUT2D eigenvalue weighted by Gasteiger charge is 2.17. The van der Waals surface area contributed by atoms with Crippen molar-refractivity contribution in [1.82, 2.24) is 9.97 Å². The molecule has 0 bridgehead atoms. The van der Waals surface area contributed by atoms with E-state index in [-0.39, 0.29) is 0 Å². The van der Waals surface area contributed by atoms with E-state index in [9.17, 15) is 0 Å². The molecule has 0 aliphatic heterocycles. The summed E-state index contributed by atoms with van der Waals surface area (Å²) in [5, 5.41) is 4.61. The van der Waals surface area contributed by atoms with Gasteiger partial charge in [0.25, 0.3) is 0 Å². The van der Waals surface area contributed by atoms with Crippen molar-refractivity contribution in [3.63, 3.8) is 0 Å². The summed E-state index contributed by atoms with van der Waals surface area (Å²) in [6.07, 6.45) is 0. The molecule has 10 aromatic rings. The van der Waals surface area contributed by atoms with E-state index in [2.05, 4.69) is 158 Å². The zero-order chi connectivity index (χ0) is 35.1. The van der Waals surface area contributed by atoms with Crippen LogP contribution in [0.2, 0.25) is 0 Å². The van der Waals surface area contributed by atoms with Gasteiger partial charge in [-0.05, 0) is 75.0 Å². The normalized spacial score (nSPS) is 11.4. The quantitative estimate of drug-likeness (QED) is 0.176. The number of hydrogen-bond donors (Lipinski definition) is 0. The number of nitrogens with zero attached hydrogens (tertiary/aromatic N) is 2. The number of benzene rings is 8. The molecule has 3 heteroatoms. The lowest BCUT2D eigenvalue weighted by Gasteiger charge is -2.15. The van der Waals surface area contributed by atoms with E-state index < -0.39 is 0 Å². The number of fused-ring (bicyclic) bond motifs is 4. The highest BCUT2D eigenvalue weighted by Crippen LogP contribution is 2.41. The van der Waals surface area contributed by atoms with Gasteiger partial charge in [0.05, 0.1) is 11.4 Å². The van der Waals surface area contributed by atoms with Crippen molar-refractivity contribution in [2.75, 3.05) is 0 Å². The molecule has 0 aliphatic carbocycles. The molecule has 3 nitrogen and oxygen atoms in total. The van der Waals surface area contributed by atoms with Crippen molar-refractivity contribution in [3.8, 4) is 67.3 Å². The van der Waals surface area contributed by atoms with E-state index in [1.54, 1.807) is 0 Å². The van der Waals surface area contributed by atoms with Crippen LogP contribution in [-0.2, 0) is 0 Å². The Balaban J connectivity index is 1.23. The van der Waals surface area contributed by atoms with Crippen LogP contribution in [0.25, 0.3) is 100.0 Å². The Morgan fingerprint density at radius 2 is 0.849 bits per heavy atom. The van der Waals surface area contributed by atoms with Crippen LogP contribution in [0.5, 0.6) is 0 Å². The zero-order valence-electron chi connectivity index (χ0n) is 28.8. The third-order valence-electron chi connectivity index (χ3n) is 10.1. The van der Waals surface area contributed by atoms with Gasteiger partial charge >= 0.3 is 0 Å². The van der Waals surface area contributed by atoms with Crippen molar-refractivity contribution in [3.05, 3.63) is 194 Å². The first-order chi connectivity index (χ1) is 26.2. The number of aromatic nitrogens is 2. The Morgan fingerprint density at radius 3 is 1.68 bits per heavy atom. The first-order valence-electron chi connectivity index (χ1n) is 17.9. The number of furan rings is 1. The van der Waals surface area contributed by atoms with E-state index in [1.807, 2.05) is 36.4 Å². The van der Waals surface area contributed by atoms with Crippen molar-refractivity contribution >= 4 is 32.7 Å². The van der Waals surface area contributed by atoms with Gasteiger partial charge in [-0.2, -0.15) is 0 Å². The minimum Gasteiger partial charge on any atom is -0.455 e. The molecule has 0 amide bonds. The largest absolute Gasteiger partial charge is 0.455 e. The second kappa shape index (κ2) is 12.9. The molecule has 0 aliphatic rings. The van der Waals surface area contributed by atoms with Gasteiger partial charge in [-0.3, -0.25) is 0 Å². The number of para-hydroxylation sites is 2. The fraction of sp³-hybridized carbons (Fsp3) is 0. The Bertz CT molecular complexity index is 2940. The molecule has 0 atom stereocenters. The second-order valence-electron chi connectivity index (χ2n) is 13.4. The minimum atomic E-state index is 0.680. The topological polar surface area (TPSA) is 38.9 Å². The zero-order valence-corrected chi connectivity index (χ0v) is 28.8. The first-order valence-corrected chi connectivity index (χ1v) is 17.9. The van der Waals surface area contributed by atoms with Crippen molar-refractivity contribution in [2.24, 2.45) is 0 Å². The highest BCUT2D eigenvalue weighted by atomic mass is 16.3. The van der Waals surface area contributed by atoms with Gasteiger partial charge in [0.1, 0.15) is 11.2 Å².